The molecule has 3 heteroatoms. The van der Waals surface area contributed by atoms with Crippen molar-refractivity contribution in [2.24, 2.45) is 5.92 Å². The van der Waals surface area contributed by atoms with Gasteiger partial charge in [-0.1, -0.05) is 24.3 Å². The number of hydrogen-bond donors (Lipinski definition) is 2. The lowest BCUT2D eigenvalue weighted by atomic mass is 10.1. The monoisotopic (exact) mass is 167 g/mol. The SMILES string of the molecule is C[C@@H](CO)NC(=O)C1C=CC=C1. The largest absolute Gasteiger partial charge is 0.394 e. The summed E-state index contributed by atoms with van der Waals surface area (Å²) in [6.07, 6.45) is 7.32. The molecule has 0 aliphatic heterocycles. The molecule has 1 aliphatic rings. The van der Waals surface area contributed by atoms with Gasteiger partial charge in [0.1, 0.15) is 0 Å². The average Bonchev–Trinajstić information content (AvgIpc) is 2.56. The Labute approximate surface area is 71.8 Å². The van der Waals surface area contributed by atoms with Crippen molar-refractivity contribution in [3.05, 3.63) is 24.3 Å². The maximum absolute atomic E-state index is 11.3. The molecule has 0 saturated carbocycles. The lowest BCUT2D eigenvalue weighted by molar-refractivity contribution is -0.123. The molecule has 2 N–H and O–H groups in total. The van der Waals surface area contributed by atoms with E-state index in [1.165, 1.54) is 0 Å². The van der Waals surface area contributed by atoms with E-state index in [9.17, 15) is 4.79 Å². The van der Waals surface area contributed by atoms with E-state index in [2.05, 4.69) is 5.32 Å². The van der Waals surface area contributed by atoms with Crippen LogP contribution in [-0.4, -0.2) is 23.7 Å². The van der Waals surface area contributed by atoms with E-state index in [0.717, 1.165) is 0 Å². The van der Waals surface area contributed by atoms with Crippen LogP contribution in [0.3, 0.4) is 0 Å². The highest BCUT2D eigenvalue weighted by Crippen LogP contribution is 2.08. The van der Waals surface area contributed by atoms with Gasteiger partial charge in [-0.15, -0.1) is 0 Å². The van der Waals surface area contributed by atoms with Crippen LogP contribution in [-0.2, 0) is 4.79 Å². The van der Waals surface area contributed by atoms with Crippen LogP contribution < -0.4 is 5.32 Å². The van der Waals surface area contributed by atoms with E-state index < -0.39 is 0 Å². The fourth-order valence-electron chi connectivity index (χ4n) is 0.991. The summed E-state index contributed by atoms with van der Waals surface area (Å²) in [7, 11) is 0. The first-order chi connectivity index (χ1) is 5.74. The molecule has 0 aromatic heterocycles. The Bertz CT molecular complexity index is 209. The molecule has 66 valence electrons. The van der Waals surface area contributed by atoms with Crippen LogP contribution in [0.2, 0.25) is 0 Å². The van der Waals surface area contributed by atoms with Gasteiger partial charge in [-0.2, -0.15) is 0 Å². The van der Waals surface area contributed by atoms with Gasteiger partial charge in [0.15, 0.2) is 0 Å². The Morgan fingerprint density at radius 2 is 2.17 bits per heavy atom. The summed E-state index contributed by atoms with van der Waals surface area (Å²) in [4.78, 5) is 11.3. The Balaban J connectivity index is 2.38. The lowest BCUT2D eigenvalue weighted by Crippen LogP contribution is -2.37. The van der Waals surface area contributed by atoms with Crippen LogP contribution >= 0.6 is 0 Å². The van der Waals surface area contributed by atoms with Crippen LogP contribution in [0, 0.1) is 5.92 Å². The topological polar surface area (TPSA) is 49.3 Å². The number of carbonyl (C=O) groups is 1. The van der Waals surface area contributed by atoms with Crippen molar-refractivity contribution in [2.45, 2.75) is 13.0 Å². The third kappa shape index (κ3) is 2.20. The summed E-state index contributed by atoms with van der Waals surface area (Å²) >= 11 is 0. The molecule has 12 heavy (non-hydrogen) atoms. The zero-order valence-corrected chi connectivity index (χ0v) is 7.03. The van der Waals surface area contributed by atoms with Gasteiger partial charge < -0.3 is 10.4 Å². The number of nitrogens with one attached hydrogen (secondary N) is 1. The lowest BCUT2D eigenvalue weighted by Gasteiger charge is -2.12. The fraction of sp³-hybridized carbons (Fsp3) is 0.444. The van der Waals surface area contributed by atoms with E-state index in [0.29, 0.717) is 0 Å². The summed E-state index contributed by atoms with van der Waals surface area (Å²) in [6, 6.07) is -0.167. The molecule has 0 saturated heterocycles. The standard InChI is InChI=1S/C9H13NO2/c1-7(6-11)10-9(12)8-4-2-3-5-8/h2-5,7-8,11H,6H2,1H3,(H,10,12)/t7-/m0/s1. The number of carbonyl (C=O) groups excluding carboxylic acids is 1. The van der Waals surface area contributed by atoms with Crippen molar-refractivity contribution < 1.29 is 9.90 Å². The van der Waals surface area contributed by atoms with Gasteiger partial charge in [0.2, 0.25) is 5.91 Å². The van der Waals surface area contributed by atoms with Crippen molar-refractivity contribution in [3.8, 4) is 0 Å². The molecule has 1 aliphatic carbocycles. The summed E-state index contributed by atoms with van der Waals surface area (Å²) in [5.74, 6) is -0.208. The number of amides is 1. The normalized spacial score (nSPS) is 18.2. The van der Waals surface area contributed by atoms with Gasteiger partial charge in [0.05, 0.1) is 12.5 Å². The maximum atomic E-state index is 11.3. The Hall–Kier alpha value is -1.09. The van der Waals surface area contributed by atoms with Crippen molar-refractivity contribution in [1.29, 1.82) is 0 Å². The van der Waals surface area contributed by atoms with Crippen molar-refractivity contribution >= 4 is 5.91 Å². The molecule has 0 aromatic rings. The number of rotatable bonds is 3. The van der Waals surface area contributed by atoms with Crippen molar-refractivity contribution in [2.75, 3.05) is 6.61 Å². The van der Waals surface area contributed by atoms with E-state index >= 15 is 0 Å². The van der Waals surface area contributed by atoms with Gasteiger partial charge in [-0.25, -0.2) is 0 Å². The first-order valence-electron chi connectivity index (χ1n) is 4.00. The van der Waals surface area contributed by atoms with Crippen LogP contribution in [0.15, 0.2) is 24.3 Å². The molecular weight excluding hydrogens is 154 g/mol. The minimum atomic E-state index is -0.167. The van der Waals surface area contributed by atoms with Gasteiger partial charge in [-0.05, 0) is 6.92 Å². The third-order valence-corrected chi connectivity index (χ3v) is 1.71. The molecule has 1 atom stereocenters. The second-order valence-electron chi connectivity index (χ2n) is 2.89. The van der Waals surface area contributed by atoms with Gasteiger partial charge in [-0.3, -0.25) is 4.79 Å². The van der Waals surface area contributed by atoms with Crippen LogP contribution in [0.25, 0.3) is 0 Å². The highest BCUT2D eigenvalue weighted by Gasteiger charge is 2.15. The van der Waals surface area contributed by atoms with Gasteiger partial charge in [0, 0.05) is 6.04 Å². The molecule has 0 fully saturated rings. The quantitative estimate of drug-likeness (QED) is 0.632. The third-order valence-electron chi connectivity index (χ3n) is 1.71. The molecule has 1 amide bonds. The first-order valence-corrected chi connectivity index (χ1v) is 4.00. The predicted molar refractivity (Wildman–Crippen MR) is 46.5 cm³/mol. The Morgan fingerprint density at radius 3 is 2.67 bits per heavy atom. The minimum absolute atomic E-state index is 0.0219. The van der Waals surface area contributed by atoms with Crippen LogP contribution in [0.1, 0.15) is 6.92 Å². The molecule has 0 unspecified atom stereocenters. The van der Waals surface area contributed by atoms with Crippen LogP contribution in [0.4, 0.5) is 0 Å². The number of aliphatic hydroxyl groups is 1. The maximum Gasteiger partial charge on any atom is 0.231 e. The van der Waals surface area contributed by atoms with Gasteiger partial charge in [0.25, 0.3) is 0 Å². The van der Waals surface area contributed by atoms with E-state index in [4.69, 9.17) is 5.11 Å². The molecule has 1 rings (SSSR count). The summed E-state index contributed by atoms with van der Waals surface area (Å²) in [5, 5.41) is 11.4. The minimum Gasteiger partial charge on any atom is -0.394 e. The van der Waals surface area contributed by atoms with Crippen LogP contribution in [0.5, 0.6) is 0 Å². The molecule has 0 spiro atoms. The van der Waals surface area contributed by atoms with E-state index in [1.807, 2.05) is 24.3 Å². The fourth-order valence-corrected chi connectivity index (χ4v) is 0.991. The van der Waals surface area contributed by atoms with Crippen molar-refractivity contribution in [1.82, 2.24) is 5.32 Å². The first kappa shape index (κ1) is 9.00. The summed E-state index contributed by atoms with van der Waals surface area (Å²) in [5.41, 5.74) is 0. The Morgan fingerprint density at radius 1 is 1.58 bits per heavy atom. The summed E-state index contributed by atoms with van der Waals surface area (Å²) < 4.78 is 0. The number of hydrogen-bond acceptors (Lipinski definition) is 2. The molecular formula is C9H13NO2. The molecule has 0 aromatic carbocycles. The second kappa shape index (κ2) is 4.07. The zero-order valence-electron chi connectivity index (χ0n) is 7.03. The smallest absolute Gasteiger partial charge is 0.231 e. The highest BCUT2D eigenvalue weighted by atomic mass is 16.3. The molecule has 0 radical (unpaired) electrons. The highest BCUT2D eigenvalue weighted by molar-refractivity contribution is 5.83. The average molecular weight is 167 g/mol. The van der Waals surface area contributed by atoms with Gasteiger partial charge >= 0.3 is 0 Å². The van der Waals surface area contributed by atoms with Crippen molar-refractivity contribution in [3.63, 3.8) is 0 Å². The number of aliphatic hydroxyl groups excluding tert-OH is 1. The molecule has 0 heterocycles. The predicted octanol–water partition coefficient (Wildman–Crippen LogP) is 0.226. The summed E-state index contributed by atoms with van der Waals surface area (Å²) in [6.45, 7) is 1.74. The van der Waals surface area contributed by atoms with E-state index in [-0.39, 0.29) is 24.5 Å². The second-order valence-corrected chi connectivity index (χ2v) is 2.89. The molecule has 0 bridgehead atoms. The van der Waals surface area contributed by atoms with E-state index in [1.54, 1.807) is 6.92 Å². The zero-order chi connectivity index (χ0) is 8.97. The molecule has 3 nitrogen and oxygen atoms in total. The Kier molecular flexibility index (Phi) is 3.05. The number of allylic oxidation sites excluding steroid dienone is 2.